The molecule has 0 atom stereocenters. The maximum absolute atomic E-state index is 5.47. The van der Waals surface area contributed by atoms with Crippen molar-refractivity contribution in [2.24, 2.45) is 0 Å². The number of ether oxygens (including phenoxy) is 1. The molecule has 0 aromatic heterocycles. The summed E-state index contributed by atoms with van der Waals surface area (Å²) < 4.78 is 5.47. The minimum atomic E-state index is 0.685. The van der Waals surface area contributed by atoms with Crippen molar-refractivity contribution in [3.63, 3.8) is 0 Å². The van der Waals surface area contributed by atoms with Gasteiger partial charge in [-0.1, -0.05) is 13.8 Å². The van der Waals surface area contributed by atoms with Crippen molar-refractivity contribution in [3.05, 3.63) is 24.3 Å². The molecule has 0 bridgehead atoms. The highest BCUT2D eigenvalue weighted by atomic mass is 16.7. The first-order valence-corrected chi connectivity index (χ1v) is 5.72. The number of benzene rings is 1. The Labute approximate surface area is 96.9 Å². The standard InChI is InChI=1S/C12H20N2O2/c1-3-9-15-12-7-5-11(6-8-12)13-14-16-10-4-2/h5-8,13-14H,3-4,9-10H2,1-2H3. The van der Waals surface area contributed by atoms with E-state index >= 15 is 0 Å². The van der Waals surface area contributed by atoms with Crippen LogP contribution in [0.15, 0.2) is 24.3 Å². The first kappa shape index (κ1) is 12.8. The third kappa shape index (κ3) is 5.00. The summed E-state index contributed by atoms with van der Waals surface area (Å²) >= 11 is 0. The largest absolute Gasteiger partial charge is 0.494 e. The van der Waals surface area contributed by atoms with Crippen molar-refractivity contribution in [1.29, 1.82) is 0 Å². The molecule has 0 aliphatic carbocycles. The van der Waals surface area contributed by atoms with Gasteiger partial charge < -0.3 is 4.74 Å². The van der Waals surface area contributed by atoms with Crippen LogP contribution in [0.3, 0.4) is 0 Å². The molecule has 0 radical (unpaired) electrons. The second kappa shape index (κ2) is 7.96. The van der Waals surface area contributed by atoms with Crippen molar-refractivity contribution in [2.75, 3.05) is 18.6 Å². The van der Waals surface area contributed by atoms with E-state index in [-0.39, 0.29) is 0 Å². The second-order valence-electron chi connectivity index (χ2n) is 3.45. The number of hydrogen-bond donors (Lipinski definition) is 2. The Bertz CT molecular complexity index is 275. The molecular weight excluding hydrogens is 204 g/mol. The predicted octanol–water partition coefficient (Wildman–Crippen LogP) is 2.73. The van der Waals surface area contributed by atoms with Gasteiger partial charge in [-0.3, -0.25) is 10.3 Å². The second-order valence-corrected chi connectivity index (χ2v) is 3.45. The summed E-state index contributed by atoms with van der Waals surface area (Å²) in [6, 6.07) is 7.74. The lowest BCUT2D eigenvalue weighted by Crippen LogP contribution is -2.22. The van der Waals surface area contributed by atoms with Crippen LogP contribution >= 0.6 is 0 Å². The van der Waals surface area contributed by atoms with E-state index in [9.17, 15) is 0 Å². The summed E-state index contributed by atoms with van der Waals surface area (Å²) in [6.07, 6.45) is 2.00. The summed E-state index contributed by atoms with van der Waals surface area (Å²) in [5, 5.41) is 0. The van der Waals surface area contributed by atoms with E-state index in [1.165, 1.54) is 0 Å². The van der Waals surface area contributed by atoms with Crippen LogP contribution in [0.5, 0.6) is 5.75 Å². The Hall–Kier alpha value is -1.26. The minimum absolute atomic E-state index is 0.685. The maximum Gasteiger partial charge on any atom is 0.119 e. The van der Waals surface area contributed by atoms with Gasteiger partial charge in [-0.05, 0) is 37.1 Å². The highest BCUT2D eigenvalue weighted by Gasteiger charge is 1.94. The molecule has 16 heavy (non-hydrogen) atoms. The molecule has 0 amide bonds. The van der Waals surface area contributed by atoms with Gasteiger partial charge in [0, 0.05) is 0 Å². The molecule has 2 N–H and O–H groups in total. The minimum Gasteiger partial charge on any atom is -0.494 e. The first-order chi connectivity index (χ1) is 7.86. The van der Waals surface area contributed by atoms with Crippen molar-refractivity contribution in [2.45, 2.75) is 26.7 Å². The zero-order chi connectivity index (χ0) is 11.6. The van der Waals surface area contributed by atoms with E-state index < -0.39 is 0 Å². The van der Waals surface area contributed by atoms with Gasteiger partial charge in [0.2, 0.25) is 0 Å². The quantitative estimate of drug-likeness (QED) is 0.526. The number of hydrazine groups is 1. The van der Waals surface area contributed by atoms with Crippen molar-refractivity contribution >= 4 is 5.69 Å². The van der Waals surface area contributed by atoms with Gasteiger partial charge in [-0.15, -0.1) is 5.59 Å². The number of rotatable bonds is 8. The van der Waals surface area contributed by atoms with Crippen LogP contribution < -0.4 is 15.8 Å². The van der Waals surface area contributed by atoms with Crippen molar-refractivity contribution in [3.8, 4) is 5.75 Å². The fraction of sp³-hybridized carbons (Fsp3) is 0.500. The SMILES string of the molecule is CCCONNc1ccc(OCCC)cc1. The molecule has 0 unspecified atom stereocenters. The fourth-order valence-corrected chi connectivity index (χ4v) is 1.10. The Morgan fingerprint density at radius 3 is 2.31 bits per heavy atom. The molecule has 4 heteroatoms. The van der Waals surface area contributed by atoms with E-state index in [4.69, 9.17) is 9.57 Å². The molecule has 0 saturated carbocycles. The van der Waals surface area contributed by atoms with Gasteiger partial charge in [0.1, 0.15) is 5.75 Å². The topological polar surface area (TPSA) is 42.5 Å². The van der Waals surface area contributed by atoms with E-state index in [1.807, 2.05) is 24.3 Å². The highest BCUT2D eigenvalue weighted by molar-refractivity contribution is 5.45. The molecule has 0 saturated heterocycles. The van der Waals surface area contributed by atoms with Crippen molar-refractivity contribution < 1.29 is 9.57 Å². The first-order valence-electron chi connectivity index (χ1n) is 5.72. The van der Waals surface area contributed by atoms with Crippen LogP contribution in [0.1, 0.15) is 26.7 Å². The summed E-state index contributed by atoms with van der Waals surface area (Å²) in [5.41, 5.74) is 6.55. The van der Waals surface area contributed by atoms with Gasteiger partial charge in [0.25, 0.3) is 0 Å². The normalized spacial score (nSPS) is 10.1. The van der Waals surface area contributed by atoms with E-state index in [2.05, 4.69) is 24.9 Å². The summed E-state index contributed by atoms with van der Waals surface area (Å²) in [5.74, 6) is 0.891. The molecular formula is C12H20N2O2. The predicted molar refractivity (Wildman–Crippen MR) is 65.2 cm³/mol. The fourth-order valence-electron chi connectivity index (χ4n) is 1.10. The molecule has 1 aromatic rings. The average Bonchev–Trinajstić information content (AvgIpc) is 2.33. The zero-order valence-electron chi connectivity index (χ0n) is 9.95. The van der Waals surface area contributed by atoms with Crippen molar-refractivity contribution in [1.82, 2.24) is 5.59 Å². The highest BCUT2D eigenvalue weighted by Crippen LogP contribution is 2.14. The number of nitrogens with one attached hydrogen (secondary N) is 2. The zero-order valence-corrected chi connectivity index (χ0v) is 9.95. The molecule has 0 fully saturated rings. The molecule has 4 nitrogen and oxygen atoms in total. The van der Waals surface area contributed by atoms with E-state index in [1.54, 1.807) is 0 Å². The van der Waals surface area contributed by atoms with Crippen LogP contribution in [0.25, 0.3) is 0 Å². The van der Waals surface area contributed by atoms with Gasteiger partial charge >= 0.3 is 0 Å². The smallest absolute Gasteiger partial charge is 0.119 e. The summed E-state index contributed by atoms with van der Waals surface area (Å²) in [7, 11) is 0. The van der Waals surface area contributed by atoms with Crippen LogP contribution in [0.2, 0.25) is 0 Å². The Morgan fingerprint density at radius 2 is 1.69 bits per heavy atom. The number of anilines is 1. The monoisotopic (exact) mass is 224 g/mol. The molecule has 0 aliphatic rings. The molecule has 90 valence electrons. The summed E-state index contributed by atoms with van der Waals surface area (Å²) in [6.45, 7) is 5.59. The Balaban J connectivity index is 2.27. The van der Waals surface area contributed by atoms with E-state index in [0.29, 0.717) is 6.61 Å². The van der Waals surface area contributed by atoms with Gasteiger partial charge in [-0.25, -0.2) is 0 Å². The third-order valence-electron chi connectivity index (χ3n) is 1.90. The molecule has 0 spiro atoms. The Kier molecular flexibility index (Phi) is 6.37. The molecule has 1 rings (SSSR count). The Morgan fingerprint density at radius 1 is 1.00 bits per heavy atom. The lowest BCUT2D eigenvalue weighted by atomic mass is 10.3. The molecule has 1 aromatic carbocycles. The summed E-state index contributed by atoms with van der Waals surface area (Å²) in [4.78, 5) is 5.09. The van der Waals surface area contributed by atoms with Crippen LogP contribution in [-0.4, -0.2) is 13.2 Å². The lowest BCUT2D eigenvalue weighted by molar-refractivity contribution is 0.0576. The third-order valence-corrected chi connectivity index (χ3v) is 1.90. The molecule has 0 heterocycles. The van der Waals surface area contributed by atoms with Crippen LogP contribution in [0.4, 0.5) is 5.69 Å². The van der Waals surface area contributed by atoms with Gasteiger partial charge in [-0.2, -0.15) is 0 Å². The van der Waals surface area contributed by atoms with Gasteiger partial charge in [0.05, 0.1) is 18.9 Å². The van der Waals surface area contributed by atoms with Crippen LogP contribution in [0, 0.1) is 0 Å². The van der Waals surface area contributed by atoms with E-state index in [0.717, 1.165) is 30.9 Å². The molecule has 0 aliphatic heterocycles. The average molecular weight is 224 g/mol. The number of hydrogen-bond acceptors (Lipinski definition) is 4. The lowest BCUT2D eigenvalue weighted by Gasteiger charge is -2.09. The maximum atomic E-state index is 5.47. The van der Waals surface area contributed by atoms with Gasteiger partial charge in [0.15, 0.2) is 0 Å². The van der Waals surface area contributed by atoms with Crippen LogP contribution in [-0.2, 0) is 4.84 Å².